The van der Waals surface area contributed by atoms with Crippen LogP contribution < -0.4 is 5.32 Å². The Hall–Kier alpha value is 0.210. The first kappa shape index (κ1) is 10.3. The van der Waals surface area contributed by atoms with Crippen LogP contribution in [0.2, 0.25) is 0 Å². The van der Waals surface area contributed by atoms with Crippen LogP contribution in [0.4, 0.5) is 0 Å². The maximum atomic E-state index is 3.31. The maximum Gasteiger partial charge on any atom is 0.0342 e. The lowest BCUT2D eigenvalue weighted by molar-refractivity contribution is 0.154. The summed E-state index contributed by atoms with van der Waals surface area (Å²) in [5, 5.41) is 3.31. The van der Waals surface area contributed by atoms with E-state index in [1.54, 1.807) is 0 Å². The summed E-state index contributed by atoms with van der Waals surface area (Å²) in [6, 6.07) is 0.826. The SMILES string of the molecule is CN(CC1(C)CC1)C1CNC1.Cl. The summed E-state index contributed by atoms with van der Waals surface area (Å²) in [7, 11) is 2.26. The van der Waals surface area contributed by atoms with E-state index in [4.69, 9.17) is 0 Å². The molecule has 0 unspecified atom stereocenters. The van der Waals surface area contributed by atoms with Gasteiger partial charge >= 0.3 is 0 Å². The molecular weight excluding hydrogens is 172 g/mol. The van der Waals surface area contributed by atoms with E-state index < -0.39 is 0 Å². The van der Waals surface area contributed by atoms with Gasteiger partial charge in [0.15, 0.2) is 0 Å². The fourth-order valence-corrected chi connectivity index (χ4v) is 1.69. The predicted octanol–water partition coefficient (Wildman–Crippen LogP) is 1.11. The van der Waals surface area contributed by atoms with Crippen LogP contribution in [0.25, 0.3) is 0 Å². The van der Waals surface area contributed by atoms with Gasteiger partial charge < -0.3 is 10.2 Å². The van der Waals surface area contributed by atoms with Gasteiger partial charge in [-0.25, -0.2) is 0 Å². The van der Waals surface area contributed by atoms with Crippen molar-refractivity contribution in [1.82, 2.24) is 10.2 Å². The van der Waals surface area contributed by atoms with Gasteiger partial charge in [0.2, 0.25) is 0 Å². The van der Waals surface area contributed by atoms with Crippen molar-refractivity contribution in [3.8, 4) is 0 Å². The highest BCUT2D eigenvalue weighted by Gasteiger charge is 2.39. The van der Waals surface area contributed by atoms with Gasteiger partial charge in [-0.3, -0.25) is 0 Å². The molecule has 1 saturated heterocycles. The lowest BCUT2D eigenvalue weighted by Gasteiger charge is -2.37. The third-order valence-corrected chi connectivity index (χ3v) is 3.12. The van der Waals surface area contributed by atoms with E-state index in [2.05, 4.69) is 24.2 Å². The molecule has 1 N–H and O–H groups in total. The van der Waals surface area contributed by atoms with Gasteiger partial charge in [-0.2, -0.15) is 0 Å². The summed E-state index contributed by atoms with van der Waals surface area (Å²) in [6.45, 7) is 6.11. The Kier molecular flexibility index (Phi) is 3.02. The van der Waals surface area contributed by atoms with Gasteiger partial charge in [0.05, 0.1) is 0 Å². The maximum absolute atomic E-state index is 3.31. The Morgan fingerprint density at radius 1 is 1.42 bits per heavy atom. The Bertz CT molecular complexity index is 153. The van der Waals surface area contributed by atoms with Crippen molar-refractivity contribution >= 4 is 12.4 Å². The lowest BCUT2D eigenvalue weighted by Crippen LogP contribution is -2.56. The van der Waals surface area contributed by atoms with Gasteiger partial charge in [0.25, 0.3) is 0 Å². The van der Waals surface area contributed by atoms with Crippen molar-refractivity contribution in [2.24, 2.45) is 5.41 Å². The minimum Gasteiger partial charge on any atom is -0.314 e. The molecule has 0 bridgehead atoms. The normalized spacial score (nSPS) is 26.2. The second kappa shape index (κ2) is 3.52. The molecule has 0 amide bonds. The number of likely N-dealkylation sites (N-methyl/N-ethyl adjacent to an activating group) is 1. The van der Waals surface area contributed by atoms with E-state index in [0.717, 1.165) is 6.04 Å². The summed E-state index contributed by atoms with van der Waals surface area (Å²) >= 11 is 0. The van der Waals surface area contributed by atoms with E-state index in [0.29, 0.717) is 5.41 Å². The average Bonchev–Trinajstić information content (AvgIpc) is 2.41. The van der Waals surface area contributed by atoms with E-state index in [-0.39, 0.29) is 12.4 Å². The Morgan fingerprint density at radius 2 is 2.00 bits per heavy atom. The Morgan fingerprint density at radius 3 is 2.33 bits per heavy atom. The van der Waals surface area contributed by atoms with Crippen LogP contribution in [-0.4, -0.2) is 37.6 Å². The summed E-state index contributed by atoms with van der Waals surface area (Å²) < 4.78 is 0. The van der Waals surface area contributed by atoms with Gasteiger partial charge in [-0.15, -0.1) is 12.4 Å². The molecule has 1 saturated carbocycles. The van der Waals surface area contributed by atoms with Gasteiger partial charge in [0, 0.05) is 25.7 Å². The first-order valence-electron chi connectivity index (χ1n) is 4.61. The van der Waals surface area contributed by atoms with Crippen molar-refractivity contribution in [2.75, 3.05) is 26.7 Å². The molecule has 0 aromatic carbocycles. The zero-order valence-corrected chi connectivity index (χ0v) is 8.78. The molecule has 3 heteroatoms. The molecule has 2 nitrogen and oxygen atoms in total. The molecule has 2 rings (SSSR count). The molecule has 0 spiro atoms. The minimum absolute atomic E-state index is 0. The first-order valence-corrected chi connectivity index (χ1v) is 4.61. The Labute approximate surface area is 81.1 Å². The molecular formula is C9H19ClN2. The minimum atomic E-state index is 0. The highest BCUT2D eigenvalue weighted by Crippen LogP contribution is 2.45. The van der Waals surface area contributed by atoms with E-state index >= 15 is 0 Å². The first-order chi connectivity index (χ1) is 5.20. The zero-order valence-electron chi connectivity index (χ0n) is 7.97. The fourth-order valence-electron chi connectivity index (χ4n) is 1.69. The number of nitrogens with one attached hydrogen (secondary N) is 1. The summed E-state index contributed by atoms with van der Waals surface area (Å²) in [6.07, 6.45) is 2.88. The number of nitrogens with zero attached hydrogens (tertiary/aromatic N) is 1. The van der Waals surface area contributed by atoms with Gasteiger partial charge in [-0.05, 0) is 25.3 Å². The van der Waals surface area contributed by atoms with Crippen molar-refractivity contribution in [2.45, 2.75) is 25.8 Å². The number of halogens is 1. The standard InChI is InChI=1S/C9H18N2.ClH/c1-9(3-4-9)7-11(2)8-5-10-6-8;/h8,10H,3-7H2,1-2H3;1H. The largest absolute Gasteiger partial charge is 0.314 e. The van der Waals surface area contributed by atoms with E-state index in [9.17, 15) is 0 Å². The summed E-state index contributed by atoms with van der Waals surface area (Å²) in [5.41, 5.74) is 0.685. The Balaban J connectivity index is 0.000000720. The van der Waals surface area contributed by atoms with E-state index in [1.807, 2.05) is 0 Å². The molecule has 72 valence electrons. The van der Waals surface area contributed by atoms with Gasteiger partial charge in [0.1, 0.15) is 0 Å². The summed E-state index contributed by atoms with van der Waals surface area (Å²) in [5.74, 6) is 0. The quantitative estimate of drug-likeness (QED) is 0.718. The molecule has 2 fully saturated rings. The van der Waals surface area contributed by atoms with Crippen molar-refractivity contribution in [1.29, 1.82) is 0 Å². The molecule has 0 aromatic heterocycles. The van der Waals surface area contributed by atoms with Crippen molar-refractivity contribution < 1.29 is 0 Å². The summed E-state index contributed by atoms with van der Waals surface area (Å²) in [4.78, 5) is 2.52. The lowest BCUT2D eigenvalue weighted by atomic mass is 10.1. The molecule has 0 radical (unpaired) electrons. The molecule has 12 heavy (non-hydrogen) atoms. The molecule has 0 atom stereocenters. The fraction of sp³-hybridized carbons (Fsp3) is 1.00. The van der Waals surface area contributed by atoms with Crippen LogP contribution in [0.1, 0.15) is 19.8 Å². The topological polar surface area (TPSA) is 15.3 Å². The van der Waals surface area contributed by atoms with Crippen molar-refractivity contribution in [3.63, 3.8) is 0 Å². The molecule has 1 heterocycles. The third-order valence-electron chi connectivity index (χ3n) is 3.12. The number of rotatable bonds is 3. The van der Waals surface area contributed by atoms with Crippen LogP contribution in [0.3, 0.4) is 0 Å². The van der Waals surface area contributed by atoms with Crippen LogP contribution in [0.15, 0.2) is 0 Å². The predicted molar refractivity (Wildman–Crippen MR) is 53.9 cm³/mol. The van der Waals surface area contributed by atoms with E-state index in [1.165, 1.54) is 32.5 Å². The molecule has 1 aliphatic carbocycles. The molecule has 2 aliphatic rings. The van der Waals surface area contributed by atoms with Crippen LogP contribution in [0.5, 0.6) is 0 Å². The smallest absolute Gasteiger partial charge is 0.0342 e. The highest BCUT2D eigenvalue weighted by molar-refractivity contribution is 5.85. The molecule has 1 aliphatic heterocycles. The van der Waals surface area contributed by atoms with Crippen molar-refractivity contribution in [3.05, 3.63) is 0 Å². The van der Waals surface area contributed by atoms with Crippen LogP contribution in [-0.2, 0) is 0 Å². The van der Waals surface area contributed by atoms with Crippen LogP contribution in [0, 0.1) is 5.41 Å². The number of hydrogen-bond acceptors (Lipinski definition) is 2. The zero-order chi connectivity index (χ0) is 7.90. The highest BCUT2D eigenvalue weighted by atomic mass is 35.5. The van der Waals surface area contributed by atoms with Crippen LogP contribution >= 0.6 is 12.4 Å². The van der Waals surface area contributed by atoms with Gasteiger partial charge in [-0.1, -0.05) is 6.92 Å². The average molecular weight is 191 g/mol. The third kappa shape index (κ3) is 2.12. The molecule has 0 aromatic rings. The monoisotopic (exact) mass is 190 g/mol. The number of hydrogen-bond donors (Lipinski definition) is 1. The second-order valence-electron chi connectivity index (χ2n) is 4.54. The second-order valence-corrected chi connectivity index (χ2v) is 4.54.